The summed E-state index contributed by atoms with van der Waals surface area (Å²) in [4.78, 5) is 12.4. The van der Waals surface area contributed by atoms with E-state index in [1.807, 2.05) is 6.07 Å². The van der Waals surface area contributed by atoms with Gasteiger partial charge in [-0.2, -0.15) is 5.10 Å². The van der Waals surface area contributed by atoms with Gasteiger partial charge in [-0.25, -0.2) is 4.39 Å². The van der Waals surface area contributed by atoms with E-state index in [2.05, 4.69) is 21.6 Å². The van der Waals surface area contributed by atoms with E-state index >= 15 is 0 Å². The van der Waals surface area contributed by atoms with Gasteiger partial charge in [-0.05, 0) is 49.0 Å². The molecule has 0 bridgehead atoms. The SMILES string of the molecule is O=C(Nc1cnn(Cc2cccc(F)c2)c1)c1cc(C2=CCCCC2)on1. The van der Waals surface area contributed by atoms with Crippen LogP contribution in [0.3, 0.4) is 0 Å². The monoisotopic (exact) mass is 366 g/mol. The molecule has 0 radical (unpaired) electrons. The van der Waals surface area contributed by atoms with Gasteiger partial charge in [0.1, 0.15) is 5.82 Å². The standard InChI is InChI=1S/C20H19FN4O2/c21-16-8-4-5-14(9-16)12-25-13-17(11-22-25)23-20(26)18-10-19(27-24-18)15-6-2-1-3-7-15/h4-6,8-11,13H,1-3,7,12H2,(H,23,26). The van der Waals surface area contributed by atoms with E-state index in [0.29, 0.717) is 18.0 Å². The maximum absolute atomic E-state index is 13.3. The number of rotatable bonds is 5. The summed E-state index contributed by atoms with van der Waals surface area (Å²) in [6, 6.07) is 7.99. The molecule has 2 heterocycles. The van der Waals surface area contributed by atoms with Gasteiger partial charge in [0.05, 0.1) is 18.4 Å². The fourth-order valence-electron chi connectivity index (χ4n) is 3.13. The molecule has 1 aliphatic rings. The first-order valence-corrected chi connectivity index (χ1v) is 8.92. The van der Waals surface area contributed by atoms with Gasteiger partial charge in [-0.1, -0.05) is 23.4 Å². The summed E-state index contributed by atoms with van der Waals surface area (Å²) in [6.07, 6.45) is 9.66. The first-order valence-electron chi connectivity index (χ1n) is 8.92. The highest BCUT2D eigenvalue weighted by Gasteiger charge is 2.17. The number of carbonyl (C=O) groups is 1. The topological polar surface area (TPSA) is 73.0 Å². The highest BCUT2D eigenvalue weighted by Crippen LogP contribution is 2.27. The van der Waals surface area contributed by atoms with Gasteiger partial charge in [-0.15, -0.1) is 0 Å². The summed E-state index contributed by atoms with van der Waals surface area (Å²) in [5, 5.41) is 10.8. The van der Waals surface area contributed by atoms with Gasteiger partial charge < -0.3 is 9.84 Å². The van der Waals surface area contributed by atoms with E-state index < -0.39 is 0 Å². The van der Waals surface area contributed by atoms with Crippen LogP contribution < -0.4 is 5.32 Å². The average molecular weight is 366 g/mol. The van der Waals surface area contributed by atoms with Crippen LogP contribution in [0.25, 0.3) is 5.57 Å². The first-order chi connectivity index (χ1) is 13.2. The summed E-state index contributed by atoms with van der Waals surface area (Å²) >= 11 is 0. The predicted molar refractivity (Wildman–Crippen MR) is 98.6 cm³/mol. The molecule has 7 heteroatoms. The summed E-state index contributed by atoms with van der Waals surface area (Å²) < 4.78 is 20.2. The Hall–Kier alpha value is -3.22. The highest BCUT2D eigenvalue weighted by molar-refractivity contribution is 6.03. The molecule has 0 saturated carbocycles. The second-order valence-corrected chi connectivity index (χ2v) is 6.56. The van der Waals surface area contributed by atoms with Crippen LogP contribution in [0.1, 0.15) is 47.5 Å². The molecular formula is C20H19FN4O2. The van der Waals surface area contributed by atoms with Crippen molar-refractivity contribution in [2.24, 2.45) is 0 Å². The molecule has 1 aromatic carbocycles. The Bertz CT molecular complexity index is 989. The largest absolute Gasteiger partial charge is 0.356 e. The van der Waals surface area contributed by atoms with Crippen molar-refractivity contribution in [3.05, 3.63) is 71.6 Å². The van der Waals surface area contributed by atoms with E-state index in [1.165, 1.54) is 18.6 Å². The molecule has 0 atom stereocenters. The molecule has 1 N–H and O–H groups in total. The maximum atomic E-state index is 13.3. The van der Waals surface area contributed by atoms with Crippen LogP contribution >= 0.6 is 0 Å². The number of benzene rings is 1. The summed E-state index contributed by atoms with van der Waals surface area (Å²) in [5.41, 5.74) is 2.67. The number of anilines is 1. The van der Waals surface area contributed by atoms with Crippen molar-refractivity contribution in [1.82, 2.24) is 14.9 Å². The van der Waals surface area contributed by atoms with Crippen molar-refractivity contribution in [3.63, 3.8) is 0 Å². The van der Waals surface area contributed by atoms with Gasteiger partial charge in [0, 0.05) is 12.3 Å². The number of aromatic nitrogens is 3. The Labute approximate surface area is 155 Å². The Morgan fingerprint density at radius 3 is 3.04 bits per heavy atom. The zero-order chi connectivity index (χ0) is 18.6. The van der Waals surface area contributed by atoms with Crippen LogP contribution in [0, 0.1) is 5.82 Å². The van der Waals surface area contributed by atoms with Crippen LogP contribution in [-0.4, -0.2) is 20.8 Å². The van der Waals surface area contributed by atoms with Crippen LogP contribution in [0.4, 0.5) is 10.1 Å². The van der Waals surface area contributed by atoms with Crippen LogP contribution in [0.15, 0.2) is 53.3 Å². The lowest BCUT2D eigenvalue weighted by Crippen LogP contribution is -2.11. The van der Waals surface area contributed by atoms with Crippen molar-refractivity contribution in [2.75, 3.05) is 5.32 Å². The molecule has 0 unspecified atom stereocenters. The van der Waals surface area contributed by atoms with Crippen molar-refractivity contribution in [1.29, 1.82) is 0 Å². The Morgan fingerprint density at radius 1 is 1.30 bits per heavy atom. The number of halogens is 1. The average Bonchev–Trinajstić information content (AvgIpc) is 3.32. The third-order valence-corrected chi connectivity index (χ3v) is 4.47. The minimum Gasteiger partial charge on any atom is -0.356 e. The molecule has 2 aromatic heterocycles. The van der Waals surface area contributed by atoms with Crippen molar-refractivity contribution in [3.8, 4) is 0 Å². The number of hydrogen-bond acceptors (Lipinski definition) is 4. The van der Waals surface area contributed by atoms with E-state index in [-0.39, 0.29) is 17.4 Å². The Balaban J connectivity index is 1.41. The number of nitrogens with one attached hydrogen (secondary N) is 1. The highest BCUT2D eigenvalue weighted by atomic mass is 19.1. The number of allylic oxidation sites excluding steroid dienone is 2. The molecule has 0 fully saturated rings. The van der Waals surface area contributed by atoms with E-state index in [1.54, 1.807) is 29.2 Å². The van der Waals surface area contributed by atoms with Crippen LogP contribution in [0.5, 0.6) is 0 Å². The fraction of sp³-hybridized carbons (Fsp3) is 0.250. The molecular weight excluding hydrogens is 347 g/mol. The lowest BCUT2D eigenvalue weighted by molar-refractivity contribution is 0.101. The van der Waals surface area contributed by atoms with Crippen LogP contribution in [0.2, 0.25) is 0 Å². The molecule has 3 aromatic rings. The molecule has 1 aliphatic carbocycles. The zero-order valence-electron chi connectivity index (χ0n) is 14.7. The fourth-order valence-corrected chi connectivity index (χ4v) is 3.13. The zero-order valence-corrected chi connectivity index (χ0v) is 14.7. The third kappa shape index (κ3) is 4.13. The number of carbonyl (C=O) groups excluding carboxylic acids is 1. The number of hydrogen-bond donors (Lipinski definition) is 1. The van der Waals surface area contributed by atoms with Gasteiger partial charge in [-0.3, -0.25) is 9.48 Å². The van der Waals surface area contributed by atoms with Crippen molar-refractivity contribution >= 4 is 17.2 Å². The maximum Gasteiger partial charge on any atom is 0.277 e. The molecule has 0 spiro atoms. The number of nitrogens with zero attached hydrogens (tertiary/aromatic N) is 3. The number of amides is 1. The smallest absolute Gasteiger partial charge is 0.277 e. The van der Waals surface area contributed by atoms with Gasteiger partial charge in [0.2, 0.25) is 0 Å². The predicted octanol–water partition coefficient (Wildman–Crippen LogP) is 4.27. The van der Waals surface area contributed by atoms with Crippen LogP contribution in [-0.2, 0) is 6.54 Å². The van der Waals surface area contributed by atoms with E-state index in [9.17, 15) is 9.18 Å². The van der Waals surface area contributed by atoms with Crippen molar-refractivity contribution < 1.29 is 13.7 Å². The summed E-state index contributed by atoms with van der Waals surface area (Å²) in [7, 11) is 0. The lowest BCUT2D eigenvalue weighted by atomic mass is 9.98. The van der Waals surface area contributed by atoms with Gasteiger partial charge in [0.15, 0.2) is 11.5 Å². The first kappa shape index (κ1) is 17.2. The molecule has 6 nitrogen and oxygen atoms in total. The minimum absolute atomic E-state index is 0.231. The molecule has 138 valence electrons. The lowest BCUT2D eigenvalue weighted by Gasteiger charge is -2.08. The van der Waals surface area contributed by atoms with Crippen molar-refractivity contribution in [2.45, 2.75) is 32.2 Å². The molecule has 27 heavy (non-hydrogen) atoms. The van der Waals surface area contributed by atoms with E-state index in [0.717, 1.165) is 30.4 Å². The van der Waals surface area contributed by atoms with Gasteiger partial charge in [0.25, 0.3) is 5.91 Å². The normalized spacial score (nSPS) is 14.0. The third-order valence-electron chi connectivity index (χ3n) is 4.47. The second kappa shape index (κ2) is 7.57. The molecule has 4 rings (SSSR count). The molecule has 0 saturated heterocycles. The van der Waals surface area contributed by atoms with Gasteiger partial charge >= 0.3 is 0 Å². The molecule has 0 aliphatic heterocycles. The second-order valence-electron chi connectivity index (χ2n) is 6.56. The minimum atomic E-state index is -0.355. The summed E-state index contributed by atoms with van der Waals surface area (Å²) in [5.74, 6) is 0.0106. The Kier molecular flexibility index (Phi) is 4.82. The Morgan fingerprint density at radius 2 is 2.22 bits per heavy atom. The quantitative estimate of drug-likeness (QED) is 0.732. The van der Waals surface area contributed by atoms with E-state index in [4.69, 9.17) is 4.52 Å². The molecule has 1 amide bonds. The summed E-state index contributed by atoms with van der Waals surface area (Å²) in [6.45, 7) is 0.413.